The number of benzene rings is 1. The van der Waals surface area contributed by atoms with Gasteiger partial charge in [0.25, 0.3) is 5.91 Å². The molecule has 1 aromatic carbocycles. The number of hydrogen-bond acceptors (Lipinski definition) is 4. The lowest BCUT2D eigenvalue weighted by Gasteiger charge is -2.22. The van der Waals surface area contributed by atoms with Gasteiger partial charge in [-0.1, -0.05) is 30.3 Å². The van der Waals surface area contributed by atoms with Crippen LogP contribution in [-0.2, 0) is 20.7 Å². The van der Waals surface area contributed by atoms with Crippen LogP contribution in [0.1, 0.15) is 18.9 Å². The van der Waals surface area contributed by atoms with E-state index in [1.165, 1.54) is 0 Å². The van der Waals surface area contributed by atoms with Crippen molar-refractivity contribution in [2.24, 2.45) is 10.9 Å². The monoisotopic (exact) mass is 288 g/mol. The SMILES string of the molecule is CCOC(=O)C1CCNC(=O)C1=NCCc1ccccc1. The average Bonchev–Trinajstić information content (AvgIpc) is 2.50. The van der Waals surface area contributed by atoms with Crippen molar-refractivity contribution in [2.45, 2.75) is 19.8 Å². The first-order valence-corrected chi connectivity index (χ1v) is 7.25. The van der Waals surface area contributed by atoms with Crippen molar-refractivity contribution in [2.75, 3.05) is 19.7 Å². The molecule has 1 saturated heterocycles. The highest BCUT2D eigenvalue weighted by atomic mass is 16.5. The number of nitrogens with one attached hydrogen (secondary N) is 1. The Hall–Kier alpha value is -2.17. The van der Waals surface area contributed by atoms with E-state index in [0.29, 0.717) is 31.8 Å². The van der Waals surface area contributed by atoms with Crippen LogP contribution in [-0.4, -0.2) is 37.3 Å². The first-order chi connectivity index (χ1) is 10.2. The molecular weight excluding hydrogens is 268 g/mol. The van der Waals surface area contributed by atoms with Gasteiger partial charge < -0.3 is 10.1 Å². The molecular formula is C16H20N2O3. The van der Waals surface area contributed by atoms with Crippen LogP contribution in [0.2, 0.25) is 0 Å². The summed E-state index contributed by atoms with van der Waals surface area (Å²) < 4.78 is 5.02. The quantitative estimate of drug-likeness (QED) is 0.832. The van der Waals surface area contributed by atoms with E-state index >= 15 is 0 Å². The lowest BCUT2D eigenvalue weighted by Crippen LogP contribution is -2.46. The van der Waals surface area contributed by atoms with Crippen LogP contribution < -0.4 is 5.32 Å². The molecule has 1 aromatic rings. The van der Waals surface area contributed by atoms with Gasteiger partial charge in [-0.15, -0.1) is 0 Å². The van der Waals surface area contributed by atoms with Gasteiger partial charge in [0.15, 0.2) is 0 Å². The third kappa shape index (κ3) is 4.15. The van der Waals surface area contributed by atoms with Gasteiger partial charge in [0.1, 0.15) is 11.6 Å². The van der Waals surface area contributed by atoms with Crippen molar-refractivity contribution in [1.29, 1.82) is 0 Å². The summed E-state index contributed by atoms with van der Waals surface area (Å²) in [6.07, 6.45) is 1.29. The zero-order valence-corrected chi connectivity index (χ0v) is 12.2. The zero-order chi connectivity index (χ0) is 15.1. The molecule has 1 heterocycles. The largest absolute Gasteiger partial charge is 0.465 e. The molecule has 5 nitrogen and oxygen atoms in total. The molecule has 1 aliphatic rings. The topological polar surface area (TPSA) is 67.8 Å². The maximum atomic E-state index is 11.9. The van der Waals surface area contributed by atoms with Gasteiger partial charge in [-0.05, 0) is 25.3 Å². The maximum absolute atomic E-state index is 11.9. The summed E-state index contributed by atoms with van der Waals surface area (Å²) in [5.41, 5.74) is 1.46. The molecule has 1 atom stereocenters. The predicted octanol–water partition coefficient (Wildman–Crippen LogP) is 1.37. The maximum Gasteiger partial charge on any atom is 0.315 e. The molecule has 1 fully saturated rings. The van der Waals surface area contributed by atoms with Crippen molar-refractivity contribution in [3.8, 4) is 0 Å². The standard InChI is InChI=1S/C16H20N2O3/c1-2-21-16(20)13-9-11-18-15(19)14(13)17-10-8-12-6-4-3-5-7-12/h3-7,13H,2,8-11H2,1H3,(H,18,19). The van der Waals surface area contributed by atoms with Gasteiger partial charge in [0, 0.05) is 13.1 Å². The second kappa shape index (κ2) is 7.57. The average molecular weight is 288 g/mol. The Morgan fingerprint density at radius 3 is 2.86 bits per heavy atom. The Morgan fingerprint density at radius 1 is 1.38 bits per heavy atom. The molecule has 1 amide bonds. The fourth-order valence-electron chi connectivity index (χ4n) is 2.32. The molecule has 2 rings (SSSR count). The van der Waals surface area contributed by atoms with E-state index in [1.54, 1.807) is 6.92 Å². The van der Waals surface area contributed by atoms with Crippen LogP contribution in [0.25, 0.3) is 0 Å². The Balaban J connectivity index is 2.03. The molecule has 0 radical (unpaired) electrons. The summed E-state index contributed by atoms with van der Waals surface area (Å²) in [6.45, 7) is 3.05. The normalized spacial score (nSPS) is 20.1. The van der Waals surface area contributed by atoms with Crippen molar-refractivity contribution in [3.63, 3.8) is 0 Å². The summed E-state index contributed by atoms with van der Waals surface area (Å²) in [6, 6.07) is 9.93. The molecule has 0 bridgehead atoms. The number of piperidine rings is 1. The van der Waals surface area contributed by atoms with E-state index in [1.807, 2.05) is 30.3 Å². The number of hydrogen-bond donors (Lipinski definition) is 1. The van der Waals surface area contributed by atoms with E-state index in [4.69, 9.17) is 4.74 Å². The van der Waals surface area contributed by atoms with Crippen molar-refractivity contribution in [3.05, 3.63) is 35.9 Å². The number of nitrogens with zero attached hydrogens (tertiary/aromatic N) is 1. The number of aliphatic imine (C=N–C) groups is 1. The Kier molecular flexibility index (Phi) is 5.49. The molecule has 1 N–H and O–H groups in total. The van der Waals surface area contributed by atoms with Gasteiger partial charge in [-0.25, -0.2) is 0 Å². The van der Waals surface area contributed by atoms with Gasteiger partial charge >= 0.3 is 5.97 Å². The molecule has 21 heavy (non-hydrogen) atoms. The fourth-order valence-corrected chi connectivity index (χ4v) is 2.32. The first-order valence-electron chi connectivity index (χ1n) is 7.25. The van der Waals surface area contributed by atoms with E-state index in [0.717, 1.165) is 12.0 Å². The molecule has 0 aliphatic carbocycles. The highest BCUT2D eigenvalue weighted by Gasteiger charge is 2.33. The minimum Gasteiger partial charge on any atom is -0.465 e. The van der Waals surface area contributed by atoms with Gasteiger partial charge in [-0.2, -0.15) is 0 Å². The van der Waals surface area contributed by atoms with Crippen LogP contribution in [0.15, 0.2) is 35.3 Å². The summed E-state index contributed by atoms with van der Waals surface area (Å²) in [5, 5.41) is 2.73. The Morgan fingerprint density at radius 2 is 2.14 bits per heavy atom. The minimum absolute atomic E-state index is 0.257. The van der Waals surface area contributed by atoms with Crippen LogP contribution in [0.4, 0.5) is 0 Å². The summed E-state index contributed by atoms with van der Waals surface area (Å²) >= 11 is 0. The van der Waals surface area contributed by atoms with E-state index in [-0.39, 0.29) is 11.9 Å². The lowest BCUT2D eigenvalue weighted by atomic mass is 9.95. The van der Waals surface area contributed by atoms with Crippen LogP contribution in [0.3, 0.4) is 0 Å². The second-order valence-corrected chi connectivity index (χ2v) is 4.85. The number of esters is 1. The number of amides is 1. The number of carbonyl (C=O) groups excluding carboxylic acids is 2. The van der Waals surface area contributed by atoms with Crippen LogP contribution in [0.5, 0.6) is 0 Å². The Bertz CT molecular complexity index is 526. The molecule has 0 aromatic heterocycles. The predicted molar refractivity (Wildman–Crippen MR) is 80.2 cm³/mol. The van der Waals surface area contributed by atoms with E-state index < -0.39 is 5.92 Å². The number of ether oxygens (including phenoxy) is 1. The smallest absolute Gasteiger partial charge is 0.315 e. The molecule has 112 valence electrons. The molecule has 0 spiro atoms. The summed E-state index contributed by atoms with van der Waals surface area (Å²) in [4.78, 5) is 28.2. The molecule has 1 aliphatic heterocycles. The third-order valence-corrected chi connectivity index (χ3v) is 3.38. The first kappa shape index (κ1) is 15.2. The number of rotatable bonds is 5. The highest BCUT2D eigenvalue weighted by Crippen LogP contribution is 2.13. The summed E-state index contributed by atoms with van der Waals surface area (Å²) in [5.74, 6) is -1.15. The van der Waals surface area contributed by atoms with Crippen molar-refractivity contribution >= 4 is 17.6 Å². The van der Waals surface area contributed by atoms with E-state index in [9.17, 15) is 9.59 Å². The van der Waals surface area contributed by atoms with Crippen molar-refractivity contribution < 1.29 is 14.3 Å². The molecule has 1 unspecified atom stereocenters. The van der Waals surface area contributed by atoms with Gasteiger partial charge in [0.2, 0.25) is 0 Å². The van der Waals surface area contributed by atoms with Crippen LogP contribution in [0, 0.1) is 5.92 Å². The van der Waals surface area contributed by atoms with Crippen molar-refractivity contribution in [1.82, 2.24) is 5.32 Å². The minimum atomic E-state index is -0.533. The lowest BCUT2D eigenvalue weighted by molar-refractivity contribution is -0.146. The fraction of sp³-hybridized carbons (Fsp3) is 0.438. The highest BCUT2D eigenvalue weighted by molar-refractivity contribution is 6.43. The Labute approximate surface area is 124 Å². The summed E-state index contributed by atoms with van der Waals surface area (Å²) in [7, 11) is 0. The molecule has 0 saturated carbocycles. The van der Waals surface area contributed by atoms with Gasteiger partial charge in [-0.3, -0.25) is 14.6 Å². The zero-order valence-electron chi connectivity index (χ0n) is 12.2. The van der Waals surface area contributed by atoms with Gasteiger partial charge in [0.05, 0.1) is 6.61 Å². The van der Waals surface area contributed by atoms with E-state index in [2.05, 4.69) is 10.3 Å². The third-order valence-electron chi connectivity index (χ3n) is 3.38. The second-order valence-electron chi connectivity index (χ2n) is 4.85. The van der Waals surface area contributed by atoms with Crippen LogP contribution >= 0.6 is 0 Å². The number of carbonyl (C=O) groups is 2. The molecule has 5 heteroatoms.